The van der Waals surface area contributed by atoms with Gasteiger partial charge in [0.25, 0.3) is 0 Å². The molecule has 1 heterocycles. The van der Waals surface area contributed by atoms with Gasteiger partial charge in [0.05, 0.1) is 0 Å². The molecule has 1 saturated heterocycles. The van der Waals surface area contributed by atoms with Gasteiger partial charge in [0, 0.05) is 25.7 Å². The maximum Gasteiger partial charge on any atom is 0.0166 e. The van der Waals surface area contributed by atoms with Crippen LogP contribution in [0.2, 0.25) is 0 Å². The normalized spacial score (nSPS) is 33.2. The molecule has 0 amide bonds. The van der Waals surface area contributed by atoms with E-state index in [0.717, 1.165) is 11.8 Å². The summed E-state index contributed by atoms with van der Waals surface area (Å²) in [5.74, 6) is 2.09. The summed E-state index contributed by atoms with van der Waals surface area (Å²) < 4.78 is 0. The van der Waals surface area contributed by atoms with Gasteiger partial charge in [-0.1, -0.05) is 13.3 Å². The van der Waals surface area contributed by atoms with Gasteiger partial charge in [-0.3, -0.25) is 0 Å². The molecule has 0 bridgehead atoms. The molecule has 2 nitrogen and oxygen atoms in total. The molecular formula is C13H26N2. The summed E-state index contributed by atoms with van der Waals surface area (Å²) in [6.45, 7) is 9.74. The van der Waals surface area contributed by atoms with E-state index in [1.54, 1.807) is 0 Å². The molecule has 1 N–H and O–H groups in total. The molecule has 0 aromatic heterocycles. The SMILES string of the molecule is CCCNC(C)CN1CC2CCCC2C1. The Bertz CT molecular complexity index is 181. The van der Waals surface area contributed by atoms with Crippen molar-refractivity contribution < 1.29 is 0 Å². The van der Waals surface area contributed by atoms with Gasteiger partial charge in [0.15, 0.2) is 0 Å². The van der Waals surface area contributed by atoms with Crippen molar-refractivity contribution in [3.63, 3.8) is 0 Å². The predicted molar refractivity (Wildman–Crippen MR) is 65.0 cm³/mol. The lowest BCUT2D eigenvalue weighted by molar-refractivity contribution is 0.278. The van der Waals surface area contributed by atoms with Gasteiger partial charge in [-0.05, 0) is 44.6 Å². The Balaban J connectivity index is 1.68. The zero-order valence-corrected chi connectivity index (χ0v) is 10.3. The van der Waals surface area contributed by atoms with Crippen molar-refractivity contribution in [2.75, 3.05) is 26.2 Å². The third-order valence-electron chi connectivity index (χ3n) is 4.08. The summed E-state index contributed by atoms with van der Waals surface area (Å²) in [4.78, 5) is 2.68. The topological polar surface area (TPSA) is 15.3 Å². The molecule has 1 aliphatic carbocycles. The Morgan fingerprint density at radius 3 is 2.53 bits per heavy atom. The van der Waals surface area contributed by atoms with E-state index in [1.165, 1.54) is 51.9 Å². The first kappa shape index (κ1) is 11.4. The fourth-order valence-electron chi connectivity index (χ4n) is 3.32. The first-order valence-electron chi connectivity index (χ1n) is 6.75. The molecule has 1 aliphatic heterocycles. The van der Waals surface area contributed by atoms with Crippen molar-refractivity contribution in [1.82, 2.24) is 10.2 Å². The first-order chi connectivity index (χ1) is 7.29. The number of hydrogen-bond donors (Lipinski definition) is 1. The van der Waals surface area contributed by atoms with Gasteiger partial charge in [-0.25, -0.2) is 0 Å². The zero-order chi connectivity index (χ0) is 10.7. The Labute approximate surface area is 94.4 Å². The second-order valence-corrected chi connectivity index (χ2v) is 5.52. The van der Waals surface area contributed by atoms with E-state index in [0.29, 0.717) is 6.04 Å². The number of nitrogens with one attached hydrogen (secondary N) is 1. The smallest absolute Gasteiger partial charge is 0.0166 e. The minimum absolute atomic E-state index is 0.670. The van der Waals surface area contributed by atoms with E-state index < -0.39 is 0 Å². The number of hydrogen-bond acceptors (Lipinski definition) is 2. The summed E-state index contributed by atoms with van der Waals surface area (Å²) in [6, 6.07) is 0.670. The maximum atomic E-state index is 3.58. The van der Waals surface area contributed by atoms with Gasteiger partial charge >= 0.3 is 0 Å². The Morgan fingerprint density at radius 1 is 1.27 bits per heavy atom. The van der Waals surface area contributed by atoms with Gasteiger partial charge in [-0.2, -0.15) is 0 Å². The average Bonchev–Trinajstić information content (AvgIpc) is 2.74. The van der Waals surface area contributed by atoms with Crippen LogP contribution >= 0.6 is 0 Å². The van der Waals surface area contributed by atoms with Crippen molar-refractivity contribution in [1.29, 1.82) is 0 Å². The Kier molecular flexibility index (Phi) is 4.04. The van der Waals surface area contributed by atoms with Crippen molar-refractivity contribution in [2.45, 2.75) is 45.6 Å². The van der Waals surface area contributed by atoms with Crippen LogP contribution in [-0.2, 0) is 0 Å². The third kappa shape index (κ3) is 2.94. The van der Waals surface area contributed by atoms with Crippen LogP contribution in [0.15, 0.2) is 0 Å². The molecule has 0 radical (unpaired) electrons. The predicted octanol–water partition coefficient (Wildman–Crippen LogP) is 2.11. The van der Waals surface area contributed by atoms with Gasteiger partial charge < -0.3 is 10.2 Å². The lowest BCUT2D eigenvalue weighted by Gasteiger charge is -2.22. The van der Waals surface area contributed by atoms with E-state index >= 15 is 0 Å². The molecule has 2 rings (SSSR count). The van der Waals surface area contributed by atoms with Crippen LogP contribution in [0.1, 0.15) is 39.5 Å². The molecule has 0 spiro atoms. The van der Waals surface area contributed by atoms with Crippen LogP contribution in [0.4, 0.5) is 0 Å². The van der Waals surface area contributed by atoms with E-state index in [1.807, 2.05) is 0 Å². The molecule has 3 unspecified atom stereocenters. The van der Waals surface area contributed by atoms with Crippen LogP contribution in [0.3, 0.4) is 0 Å². The molecule has 0 aromatic carbocycles. The highest BCUT2D eigenvalue weighted by molar-refractivity contribution is 4.89. The van der Waals surface area contributed by atoms with E-state index in [2.05, 4.69) is 24.1 Å². The maximum absolute atomic E-state index is 3.58. The van der Waals surface area contributed by atoms with Crippen molar-refractivity contribution in [2.24, 2.45) is 11.8 Å². The fraction of sp³-hybridized carbons (Fsp3) is 1.00. The van der Waals surface area contributed by atoms with Crippen molar-refractivity contribution in [3.8, 4) is 0 Å². The van der Waals surface area contributed by atoms with Gasteiger partial charge in [-0.15, -0.1) is 0 Å². The van der Waals surface area contributed by atoms with Gasteiger partial charge in [0.2, 0.25) is 0 Å². The van der Waals surface area contributed by atoms with Crippen LogP contribution in [0.25, 0.3) is 0 Å². The first-order valence-corrected chi connectivity index (χ1v) is 6.75. The fourth-order valence-corrected chi connectivity index (χ4v) is 3.32. The monoisotopic (exact) mass is 210 g/mol. The minimum atomic E-state index is 0.670. The molecule has 3 atom stereocenters. The molecule has 2 heteroatoms. The summed E-state index contributed by atoms with van der Waals surface area (Å²) >= 11 is 0. The second-order valence-electron chi connectivity index (χ2n) is 5.52. The molecule has 2 aliphatic rings. The quantitative estimate of drug-likeness (QED) is 0.747. The number of rotatable bonds is 5. The van der Waals surface area contributed by atoms with E-state index in [-0.39, 0.29) is 0 Å². The summed E-state index contributed by atoms with van der Waals surface area (Å²) in [5.41, 5.74) is 0. The standard InChI is InChI=1S/C13H26N2/c1-3-7-14-11(2)8-15-9-12-5-4-6-13(12)10-15/h11-14H,3-10H2,1-2H3. The molecule has 0 aromatic rings. The van der Waals surface area contributed by atoms with Crippen LogP contribution in [-0.4, -0.2) is 37.1 Å². The zero-order valence-electron chi connectivity index (χ0n) is 10.3. The molecule has 15 heavy (non-hydrogen) atoms. The molecular weight excluding hydrogens is 184 g/mol. The number of nitrogens with zero attached hydrogens (tertiary/aromatic N) is 1. The largest absolute Gasteiger partial charge is 0.313 e. The summed E-state index contributed by atoms with van der Waals surface area (Å²) in [5, 5.41) is 3.58. The minimum Gasteiger partial charge on any atom is -0.313 e. The number of likely N-dealkylation sites (tertiary alicyclic amines) is 1. The second kappa shape index (κ2) is 5.31. The highest BCUT2D eigenvalue weighted by Crippen LogP contribution is 2.37. The third-order valence-corrected chi connectivity index (χ3v) is 4.08. The van der Waals surface area contributed by atoms with Crippen molar-refractivity contribution in [3.05, 3.63) is 0 Å². The van der Waals surface area contributed by atoms with E-state index in [9.17, 15) is 0 Å². The molecule has 88 valence electrons. The van der Waals surface area contributed by atoms with Gasteiger partial charge in [0.1, 0.15) is 0 Å². The Hall–Kier alpha value is -0.0800. The molecule has 2 fully saturated rings. The van der Waals surface area contributed by atoms with Crippen LogP contribution in [0.5, 0.6) is 0 Å². The van der Waals surface area contributed by atoms with E-state index in [4.69, 9.17) is 0 Å². The van der Waals surface area contributed by atoms with Crippen LogP contribution in [0, 0.1) is 11.8 Å². The van der Waals surface area contributed by atoms with Crippen LogP contribution < -0.4 is 5.32 Å². The lowest BCUT2D eigenvalue weighted by atomic mass is 10.0. The number of fused-ring (bicyclic) bond motifs is 1. The van der Waals surface area contributed by atoms with Crippen molar-refractivity contribution >= 4 is 0 Å². The highest BCUT2D eigenvalue weighted by atomic mass is 15.2. The highest BCUT2D eigenvalue weighted by Gasteiger charge is 2.35. The molecule has 1 saturated carbocycles. The Morgan fingerprint density at radius 2 is 1.93 bits per heavy atom. The summed E-state index contributed by atoms with van der Waals surface area (Å²) in [6.07, 6.45) is 5.73. The summed E-state index contributed by atoms with van der Waals surface area (Å²) in [7, 11) is 0. The average molecular weight is 210 g/mol. The lowest BCUT2D eigenvalue weighted by Crippen LogP contribution is -2.38.